The molecule has 1 aliphatic rings. The molecular weight excluding hydrogens is 244 g/mol. The molecule has 20 heavy (non-hydrogen) atoms. The third-order valence-corrected chi connectivity index (χ3v) is 3.99. The van der Waals surface area contributed by atoms with Gasteiger partial charge in [0.1, 0.15) is 0 Å². The van der Waals surface area contributed by atoms with Gasteiger partial charge in [-0.1, -0.05) is 26.3 Å². The molecule has 0 saturated heterocycles. The molecule has 2 heteroatoms. The third-order valence-electron chi connectivity index (χ3n) is 3.99. The fraction of sp³-hybridized carbons (Fsp3) is 0.500. The Balaban J connectivity index is 2.05. The number of benzene rings is 1. The Hall–Kier alpha value is -1.57. The molecule has 0 aliphatic heterocycles. The lowest BCUT2D eigenvalue weighted by molar-refractivity contribution is 0.923. The number of pyridine rings is 1. The second-order valence-electron chi connectivity index (χ2n) is 5.90. The molecule has 1 fully saturated rings. The van der Waals surface area contributed by atoms with Gasteiger partial charge in [0.25, 0.3) is 0 Å². The summed E-state index contributed by atoms with van der Waals surface area (Å²) in [5, 5.41) is 4.88. The van der Waals surface area contributed by atoms with Gasteiger partial charge in [0.05, 0.1) is 5.52 Å². The van der Waals surface area contributed by atoms with Gasteiger partial charge in [0.2, 0.25) is 0 Å². The lowest BCUT2D eigenvalue weighted by Gasteiger charge is -2.12. The van der Waals surface area contributed by atoms with Crippen molar-refractivity contribution in [1.82, 2.24) is 4.98 Å². The summed E-state index contributed by atoms with van der Waals surface area (Å²) in [4.78, 5) is 4.87. The Morgan fingerprint density at radius 2 is 2.00 bits per heavy atom. The van der Waals surface area contributed by atoms with Crippen LogP contribution in [0.5, 0.6) is 0 Å². The lowest BCUT2D eigenvalue weighted by Crippen LogP contribution is -2.02. The summed E-state index contributed by atoms with van der Waals surface area (Å²) < 4.78 is 0. The first kappa shape index (κ1) is 13.4. The summed E-state index contributed by atoms with van der Waals surface area (Å²) in [5.41, 5.74) is 5.12. The topological polar surface area (TPSA) is 24.9 Å². The van der Waals surface area contributed by atoms with Crippen molar-refractivity contribution < 1.29 is 0 Å². The van der Waals surface area contributed by atoms with Crippen LogP contribution in [0.25, 0.3) is 10.9 Å². The number of fused-ring (bicyclic) bond motifs is 1. The van der Waals surface area contributed by atoms with E-state index in [1.54, 1.807) is 0 Å². The highest BCUT2D eigenvalue weighted by Crippen LogP contribution is 2.41. The predicted molar refractivity (Wildman–Crippen MR) is 86.5 cm³/mol. The normalized spacial score (nSPS) is 14.7. The third kappa shape index (κ3) is 2.79. The SMILES string of the molecule is CCCNc1cc(C2CC2)nc2ccc(CCC)cc12. The minimum absolute atomic E-state index is 0.705. The number of nitrogens with zero attached hydrogens (tertiary/aromatic N) is 1. The molecule has 3 rings (SSSR count). The average Bonchev–Trinajstić information content (AvgIpc) is 3.29. The van der Waals surface area contributed by atoms with Crippen molar-refractivity contribution in [2.45, 2.75) is 51.9 Å². The Morgan fingerprint density at radius 1 is 1.15 bits per heavy atom. The molecule has 1 saturated carbocycles. The summed E-state index contributed by atoms with van der Waals surface area (Å²) in [6.07, 6.45) is 6.10. The monoisotopic (exact) mass is 268 g/mol. The molecule has 0 spiro atoms. The van der Waals surface area contributed by atoms with Crippen molar-refractivity contribution in [2.75, 3.05) is 11.9 Å². The van der Waals surface area contributed by atoms with Gasteiger partial charge in [-0.25, -0.2) is 0 Å². The molecule has 0 amide bonds. The van der Waals surface area contributed by atoms with Crippen molar-refractivity contribution in [3.63, 3.8) is 0 Å². The highest BCUT2D eigenvalue weighted by molar-refractivity contribution is 5.92. The summed E-state index contributed by atoms with van der Waals surface area (Å²) in [6, 6.07) is 9.04. The number of rotatable bonds is 6. The van der Waals surface area contributed by atoms with Gasteiger partial charge < -0.3 is 5.32 Å². The number of aromatic nitrogens is 1. The van der Waals surface area contributed by atoms with Gasteiger partial charge in [-0.3, -0.25) is 4.98 Å². The van der Waals surface area contributed by atoms with E-state index in [0.717, 1.165) is 24.9 Å². The molecule has 2 nitrogen and oxygen atoms in total. The Bertz CT molecular complexity index is 600. The zero-order chi connectivity index (χ0) is 13.9. The fourth-order valence-corrected chi connectivity index (χ4v) is 2.73. The summed E-state index contributed by atoms with van der Waals surface area (Å²) in [6.45, 7) is 5.47. The standard InChI is InChI=1S/C18H24N2/c1-3-5-13-6-9-16-15(11-13)18(19-10-4-2)12-17(20-16)14-7-8-14/h6,9,11-12,14H,3-5,7-8,10H2,1-2H3,(H,19,20). The van der Waals surface area contributed by atoms with Gasteiger partial charge in [0, 0.05) is 29.2 Å². The first-order valence-electron chi connectivity index (χ1n) is 7.99. The molecule has 1 aromatic heterocycles. The molecule has 1 heterocycles. The van der Waals surface area contributed by atoms with Crippen LogP contribution in [0.15, 0.2) is 24.3 Å². The van der Waals surface area contributed by atoms with Crippen molar-refractivity contribution in [3.05, 3.63) is 35.5 Å². The molecule has 1 aliphatic carbocycles. The number of aryl methyl sites for hydroxylation is 1. The molecule has 1 aromatic carbocycles. The minimum Gasteiger partial charge on any atom is -0.384 e. The van der Waals surface area contributed by atoms with Crippen LogP contribution in [0.4, 0.5) is 5.69 Å². The van der Waals surface area contributed by atoms with E-state index >= 15 is 0 Å². The summed E-state index contributed by atoms with van der Waals surface area (Å²) in [5.74, 6) is 0.705. The molecule has 0 atom stereocenters. The van der Waals surface area contributed by atoms with Gasteiger partial charge in [-0.2, -0.15) is 0 Å². The zero-order valence-corrected chi connectivity index (χ0v) is 12.6. The van der Waals surface area contributed by atoms with Crippen LogP contribution < -0.4 is 5.32 Å². The maximum atomic E-state index is 4.87. The van der Waals surface area contributed by atoms with Gasteiger partial charge in [0.15, 0.2) is 0 Å². The van der Waals surface area contributed by atoms with Crippen LogP contribution in [0.1, 0.15) is 56.7 Å². The van der Waals surface area contributed by atoms with Crippen molar-refractivity contribution in [1.29, 1.82) is 0 Å². The van der Waals surface area contributed by atoms with E-state index in [1.165, 1.54) is 41.6 Å². The average molecular weight is 268 g/mol. The van der Waals surface area contributed by atoms with Crippen LogP contribution in [-0.2, 0) is 6.42 Å². The molecule has 2 aromatic rings. The largest absolute Gasteiger partial charge is 0.384 e. The van der Waals surface area contributed by atoms with E-state index in [1.807, 2.05) is 0 Å². The van der Waals surface area contributed by atoms with E-state index in [-0.39, 0.29) is 0 Å². The first-order valence-corrected chi connectivity index (χ1v) is 7.99. The number of nitrogens with one attached hydrogen (secondary N) is 1. The Morgan fingerprint density at radius 3 is 2.70 bits per heavy atom. The van der Waals surface area contributed by atoms with Crippen molar-refractivity contribution >= 4 is 16.6 Å². The summed E-state index contributed by atoms with van der Waals surface area (Å²) >= 11 is 0. The number of hydrogen-bond donors (Lipinski definition) is 1. The Kier molecular flexibility index (Phi) is 3.90. The van der Waals surface area contributed by atoms with Gasteiger partial charge in [-0.15, -0.1) is 0 Å². The van der Waals surface area contributed by atoms with E-state index in [2.05, 4.69) is 43.4 Å². The smallest absolute Gasteiger partial charge is 0.0726 e. The van der Waals surface area contributed by atoms with E-state index in [9.17, 15) is 0 Å². The van der Waals surface area contributed by atoms with Gasteiger partial charge >= 0.3 is 0 Å². The fourth-order valence-electron chi connectivity index (χ4n) is 2.73. The maximum absolute atomic E-state index is 4.87. The maximum Gasteiger partial charge on any atom is 0.0726 e. The van der Waals surface area contributed by atoms with Crippen LogP contribution in [0.3, 0.4) is 0 Å². The van der Waals surface area contributed by atoms with Crippen LogP contribution in [0.2, 0.25) is 0 Å². The quantitative estimate of drug-likeness (QED) is 0.807. The molecule has 106 valence electrons. The molecule has 0 bridgehead atoms. The number of hydrogen-bond acceptors (Lipinski definition) is 2. The van der Waals surface area contributed by atoms with E-state index in [4.69, 9.17) is 4.98 Å². The molecule has 0 radical (unpaired) electrons. The van der Waals surface area contributed by atoms with Crippen molar-refractivity contribution in [2.24, 2.45) is 0 Å². The van der Waals surface area contributed by atoms with Crippen LogP contribution >= 0.6 is 0 Å². The highest BCUT2D eigenvalue weighted by atomic mass is 14.9. The highest BCUT2D eigenvalue weighted by Gasteiger charge is 2.25. The van der Waals surface area contributed by atoms with Crippen molar-refractivity contribution in [3.8, 4) is 0 Å². The van der Waals surface area contributed by atoms with Crippen LogP contribution in [-0.4, -0.2) is 11.5 Å². The predicted octanol–water partition coefficient (Wildman–Crippen LogP) is 4.89. The zero-order valence-electron chi connectivity index (χ0n) is 12.6. The lowest BCUT2D eigenvalue weighted by atomic mass is 10.0. The molecule has 0 unspecified atom stereocenters. The second-order valence-corrected chi connectivity index (χ2v) is 5.90. The molecule has 1 N–H and O–H groups in total. The molecular formula is C18H24N2. The minimum atomic E-state index is 0.705. The second kappa shape index (κ2) is 5.82. The number of anilines is 1. The van der Waals surface area contributed by atoms with Crippen LogP contribution in [0, 0.1) is 0 Å². The van der Waals surface area contributed by atoms with E-state index < -0.39 is 0 Å². The van der Waals surface area contributed by atoms with E-state index in [0.29, 0.717) is 5.92 Å². The summed E-state index contributed by atoms with van der Waals surface area (Å²) in [7, 11) is 0. The Labute approximate surface area is 121 Å². The first-order chi connectivity index (χ1) is 9.81. The van der Waals surface area contributed by atoms with Gasteiger partial charge in [-0.05, 0) is 49.4 Å².